The van der Waals surface area contributed by atoms with E-state index in [2.05, 4.69) is 17.6 Å². The lowest BCUT2D eigenvalue weighted by Gasteiger charge is -2.14. The zero-order chi connectivity index (χ0) is 12.5. The van der Waals surface area contributed by atoms with E-state index in [9.17, 15) is 4.79 Å². The molecule has 1 unspecified atom stereocenters. The number of hydrogen-bond acceptors (Lipinski definition) is 1. The van der Waals surface area contributed by atoms with Crippen molar-refractivity contribution in [2.24, 2.45) is 0 Å². The average Bonchev–Trinajstić information content (AvgIpc) is 2.36. The van der Waals surface area contributed by atoms with Crippen molar-refractivity contribution in [1.29, 1.82) is 0 Å². The molecule has 0 bridgehead atoms. The lowest BCUT2D eigenvalue weighted by atomic mass is 10.1. The molecule has 0 fully saturated rings. The minimum Gasteiger partial charge on any atom is -0.338 e. The fraction of sp³-hybridized carbons (Fsp3) is 0.500. The van der Waals surface area contributed by atoms with Crippen LogP contribution >= 0.6 is 0 Å². The Morgan fingerprint density at radius 3 is 2.59 bits per heavy atom. The molecule has 2 amide bonds. The van der Waals surface area contributed by atoms with Crippen molar-refractivity contribution in [3.63, 3.8) is 0 Å². The van der Waals surface area contributed by atoms with E-state index in [1.165, 1.54) is 6.42 Å². The van der Waals surface area contributed by atoms with Gasteiger partial charge in [0.05, 0.1) is 6.04 Å². The molecule has 3 nitrogen and oxygen atoms in total. The molecule has 0 heterocycles. The van der Waals surface area contributed by atoms with Gasteiger partial charge < -0.3 is 10.6 Å². The van der Waals surface area contributed by atoms with E-state index in [1.54, 1.807) is 0 Å². The van der Waals surface area contributed by atoms with Crippen molar-refractivity contribution in [3.8, 4) is 0 Å². The Balaban J connectivity index is 2.26. The minimum absolute atomic E-state index is 0.0439. The van der Waals surface area contributed by atoms with Gasteiger partial charge in [0.1, 0.15) is 0 Å². The molecule has 94 valence electrons. The van der Waals surface area contributed by atoms with E-state index in [1.807, 2.05) is 37.3 Å². The second-order valence-corrected chi connectivity index (χ2v) is 4.24. The van der Waals surface area contributed by atoms with Gasteiger partial charge in [-0.25, -0.2) is 4.79 Å². The van der Waals surface area contributed by atoms with Crippen LogP contribution < -0.4 is 10.6 Å². The smallest absolute Gasteiger partial charge is 0.315 e. The molecule has 1 rings (SSSR count). The van der Waals surface area contributed by atoms with E-state index in [0.29, 0.717) is 0 Å². The molecule has 3 heteroatoms. The molecule has 2 N–H and O–H groups in total. The van der Waals surface area contributed by atoms with Crippen molar-refractivity contribution < 1.29 is 4.79 Å². The van der Waals surface area contributed by atoms with E-state index < -0.39 is 0 Å². The number of hydrogen-bond donors (Lipinski definition) is 2. The zero-order valence-electron chi connectivity index (χ0n) is 10.7. The SMILES string of the molecule is CCCCCNC(=O)NC(C)c1ccccc1. The van der Waals surface area contributed by atoms with Gasteiger partial charge in [-0.05, 0) is 18.9 Å². The van der Waals surface area contributed by atoms with E-state index in [0.717, 1.165) is 24.9 Å². The van der Waals surface area contributed by atoms with Crippen LogP contribution in [0.3, 0.4) is 0 Å². The Kier molecular flexibility index (Phi) is 6.15. The predicted octanol–water partition coefficient (Wildman–Crippen LogP) is 3.24. The summed E-state index contributed by atoms with van der Waals surface area (Å²) in [6.07, 6.45) is 3.38. The van der Waals surface area contributed by atoms with Gasteiger partial charge in [0.15, 0.2) is 0 Å². The first kappa shape index (κ1) is 13.6. The molecule has 0 radical (unpaired) electrons. The summed E-state index contributed by atoms with van der Waals surface area (Å²) in [6.45, 7) is 4.89. The van der Waals surface area contributed by atoms with Crippen LogP contribution in [-0.4, -0.2) is 12.6 Å². The summed E-state index contributed by atoms with van der Waals surface area (Å²) in [5, 5.41) is 5.79. The molecule has 17 heavy (non-hydrogen) atoms. The maximum absolute atomic E-state index is 11.6. The van der Waals surface area contributed by atoms with Crippen LogP contribution in [-0.2, 0) is 0 Å². The normalized spacial score (nSPS) is 11.9. The van der Waals surface area contributed by atoms with Crippen LogP contribution in [0.15, 0.2) is 30.3 Å². The third-order valence-electron chi connectivity index (χ3n) is 2.71. The Labute approximate surface area is 104 Å². The van der Waals surface area contributed by atoms with Gasteiger partial charge >= 0.3 is 6.03 Å². The fourth-order valence-corrected chi connectivity index (χ4v) is 1.65. The fourth-order valence-electron chi connectivity index (χ4n) is 1.65. The summed E-state index contributed by atoms with van der Waals surface area (Å²) >= 11 is 0. The third-order valence-corrected chi connectivity index (χ3v) is 2.71. The highest BCUT2D eigenvalue weighted by Crippen LogP contribution is 2.10. The van der Waals surface area contributed by atoms with Gasteiger partial charge in [0.25, 0.3) is 0 Å². The number of rotatable bonds is 6. The first-order valence-corrected chi connectivity index (χ1v) is 6.33. The lowest BCUT2D eigenvalue weighted by molar-refractivity contribution is 0.237. The second-order valence-electron chi connectivity index (χ2n) is 4.24. The molecule has 1 atom stereocenters. The van der Waals surface area contributed by atoms with Crippen LogP contribution in [0.4, 0.5) is 4.79 Å². The van der Waals surface area contributed by atoms with E-state index in [4.69, 9.17) is 0 Å². The Morgan fingerprint density at radius 1 is 1.24 bits per heavy atom. The van der Waals surface area contributed by atoms with Gasteiger partial charge in [-0.15, -0.1) is 0 Å². The summed E-state index contributed by atoms with van der Waals surface area (Å²) in [4.78, 5) is 11.6. The van der Waals surface area contributed by atoms with Gasteiger partial charge in [-0.1, -0.05) is 50.1 Å². The zero-order valence-corrected chi connectivity index (χ0v) is 10.7. The molecule has 0 saturated heterocycles. The highest BCUT2D eigenvalue weighted by Gasteiger charge is 2.07. The molecule has 0 saturated carbocycles. The number of carbonyl (C=O) groups excluding carboxylic acids is 1. The summed E-state index contributed by atoms with van der Waals surface area (Å²) in [7, 11) is 0. The van der Waals surface area contributed by atoms with Crippen LogP contribution in [0.25, 0.3) is 0 Å². The predicted molar refractivity (Wildman–Crippen MR) is 70.9 cm³/mol. The summed E-state index contributed by atoms with van der Waals surface area (Å²) in [5.74, 6) is 0. The molecule has 1 aromatic carbocycles. The number of carbonyl (C=O) groups is 1. The lowest BCUT2D eigenvalue weighted by Crippen LogP contribution is -2.37. The summed E-state index contributed by atoms with van der Waals surface area (Å²) < 4.78 is 0. The Bertz CT molecular complexity index is 324. The molecule has 0 aliphatic rings. The molecule has 0 spiro atoms. The van der Waals surface area contributed by atoms with Crippen LogP contribution in [0.1, 0.15) is 44.7 Å². The van der Waals surface area contributed by atoms with Crippen molar-refractivity contribution in [2.75, 3.05) is 6.54 Å². The van der Waals surface area contributed by atoms with Crippen LogP contribution in [0.2, 0.25) is 0 Å². The van der Waals surface area contributed by atoms with Crippen molar-refractivity contribution in [1.82, 2.24) is 10.6 Å². The summed E-state index contributed by atoms with van der Waals surface area (Å²) in [6, 6.07) is 9.92. The monoisotopic (exact) mass is 234 g/mol. The maximum Gasteiger partial charge on any atom is 0.315 e. The highest BCUT2D eigenvalue weighted by atomic mass is 16.2. The summed E-state index contributed by atoms with van der Waals surface area (Å²) in [5.41, 5.74) is 1.12. The van der Waals surface area contributed by atoms with Crippen molar-refractivity contribution >= 4 is 6.03 Å². The number of amides is 2. The number of nitrogens with one attached hydrogen (secondary N) is 2. The second kappa shape index (κ2) is 7.71. The van der Waals surface area contributed by atoms with E-state index >= 15 is 0 Å². The topological polar surface area (TPSA) is 41.1 Å². The van der Waals surface area contributed by atoms with Gasteiger partial charge in [-0.2, -0.15) is 0 Å². The van der Waals surface area contributed by atoms with Gasteiger partial charge in [-0.3, -0.25) is 0 Å². The van der Waals surface area contributed by atoms with Crippen molar-refractivity contribution in [2.45, 2.75) is 39.2 Å². The molecule has 0 aliphatic carbocycles. The Hall–Kier alpha value is -1.51. The average molecular weight is 234 g/mol. The molecule has 1 aromatic rings. The number of benzene rings is 1. The number of unbranched alkanes of at least 4 members (excludes halogenated alkanes) is 2. The van der Waals surface area contributed by atoms with Gasteiger partial charge in [0, 0.05) is 6.54 Å². The first-order valence-electron chi connectivity index (χ1n) is 6.33. The standard InChI is InChI=1S/C14H22N2O/c1-3-4-8-11-15-14(17)16-12(2)13-9-6-5-7-10-13/h5-7,9-10,12H,3-4,8,11H2,1-2H3,(H2,15,16,17). The maximum atomic E-state index is 11.6. The first-order chi connectivity index (χ1) is 8.24. The van der Waals surface area contributed by atoms with E-state index in [-0.39, 0.29) is 12.1 Å². The highest BCUT2D eigenvalue weighted by molar-refractivity contribution is 5.74. The quantitative estimate of drug-likeness (QED) is 0.729. The molecule has 0 aliphatic heterocycles. The minimum atomic E-state index is -0.0857. The third kappa shape index (κ3) is 5.38. The molecular weight excluding hydrogens is 212 g/mol. The number of urea groups is 1. The molecular formula is C14H22N2O. The van der Waals surface area contributed by atoms with Crippen LogP contribution in [0, 0.1) is 0 Å². The Morgan fingerprint density at radius 2 is 1.94 bits per heavy atom. The molecule has 0 aromatic heterocycles. The van der Waals surface area contributed by atoms with Crippen LogP contribution in [0.5, 0.6) is 0 Å². The van der Waals surface area contributed by atoms with Crippen molar-refractivity contribution in [3.05, 3.63) is 35.9 Å². The largest absolute Gasteiger partial charge is 0.338 e. The van der Waals surface area contributed by atoms with Gasteiger partial charge in [0.2, 0.25) is 0 Å².